The highest BCUT2D eigenvalue weighted by Crippen LogP contribution is 2.32. The first-order valence-corrected chi connectivity index (χ1v) is 13.1. The molecule has 1 aromatic carbocycles. The summed E-state index contributed by atoms with van der Waals surface area (Å²) >= 11 is 0. The third-order valence-corrected chi connectivity index (χ3v) is 6.90. The molecule has 0 saturated carbocycles. The molecule has 0 unspecified atom stereocenters. The molecule has 2 saturated heterocycles. The second-order valence-corrected chi connectivity index (χ2v) is 10.8. The van der Waals surface area contributed by atoms with E-state index in [1.54, 1.807) is 25.7 Å². The van der Waals surface area contributed by atoms with E-state index in [-0.39, 0.29) is 30.6 Å². The number of anilines is 1. The number of aromatic nitrogens is 2. The number of hydrogen-bond acceptors (Lipinski definition) is 7. The lowest BCUT2D eigenvalue weighted by molar-refractivity contribution is 0.0504. The van der Waals surface area contributed by atoms with Crippen LogP contribution in [0.4, 0.5) is 19.5 Å². The lowest BCUT2D eigenvalue weighted by Gasteiger charge is -2.33. The second-order valence-electron chi connectivity index (χ2n) is 10.8. The summed E-state index contributed by atoms with van der Waals surface area (Å²) in [6, 6.07) is 2.88. The van der Waals surface area contributed by atoms with Gasteiger partial charge in [0.2, 0.25) is 5.95 Å². The molecule has 0 aliphatic carbocycles. The molecule has 206 valence electrons. The number of hydrogen-bond donors (Lipinski definition) is 2. The van der Waals surface area contributed by atoms with Crippen LogP contribution in [-0.2, 0) is 4.74 Å². The zero-order valence-electron chi connectivity index (χ0n) is 22.3. The van der Waals surface area contributed by atoms with Crippen molar-refractivity contribution in [3.8, 4) is 0 Å². The van der Waals surface area contributed by atoms with Gasteiger partial charge in [-0.3, -0.25) is 4.79 Å². The number of benzene rings is 1. The van der Waals surface area contributed by atoms with Crippen molar-refractivity contribution in [3.05, 3.63) is 53.4 Å². The first-order valence-electron chi connectivity index (χ1n) is 13.1. The maximum absolute atomic E-state index is 14.7. The fourth-order valence-corrected chi connectivity index (χ4v) is 5.13. The second kappa shape index (κ2) is 11.6. The summed E-state index contributed by atoms with van der Waals surface area (Å²) in [6.07, 6.45) is 4.15. The Morgan fingerprint density at radius 1 is 1.16 bits per heavy atom. The highest BCUT2D eigenvalue weighted by atomic mass is 19.1. The Morgan fingerprint density at radius 2 is 1.84 bits per heavy atom. The van der Waals surface area contributed by atoms with Crippen molar-refractivity contribution in [1.82, 2.24) is 25.5 Å². The van der Waals surface area contributed by atoms with Crippen LogP contribution >= 0.6 is 0 Å². The zero-order chi connectivity index (χ0) is 27.4. The molecule has 0 spiro atoms. The fraction of sp³-hybridized carbons (Fsp3) is 0.556. The van der Waals surface area contributed by atoms with E-state index >= 15 is 0 Å². The maximum atomic E-state index is 14.7. The van der Waals surface area contributed by atoms with Gasteiger partial charge in [-0.25, -0.2) is 23.5 Å². The van der Waals surface area contributed by atoms with Crippen molar-refractivity contribution < 1.29 is 23.1 Å². The summed E-state index contributed by atoms with van der Waals surface area (Å²) in [4.78, 5) is 38.2. The number of carbonyl (C=O) groups excluding carboxylic acids is 2. The van der Waals surface area contributed by atoms with Crippen molar-refractivity contribution in [3.63, 3.8) is 0 Å². The number of nitrogens with zero attached hydrogens (tertiary/aromatic N) is 4. The van der Waals surface area contributed by atoms with E-state index in [1.165, 1.54) is 12.4 Å². The van der Waals surface area contributed by atoms with Crippen LogP contribution in [0.5, 0.6) is 0 Å². The summed E-state index contributed by atoms with van der Waals surface area (Å²) in [7, 11) is 0. The molecular weight excluding hydrogens is 494 g/mol. The SMILES string of the molecule is CCN(C(=O)c1cnc(N2C[C@H](NC(=O)OC(C)(C)C)[C@@H](c3cc(F)ccc3F)C2)nc1)C1CCNCC1. The monoisotopic (exact) mass is 530 g/mol. The molecule has 38 heavy (non-hydrogen) atoms. The third-order valence-electron chi connectivity index (χ3n) is 6.90. The van der Waals surface area contributed by atoms with Gasteiger partial charge >= 0.3 is 6.09 Å². The average molecular weight is 531 g/mol. The van der Waals surface area contributed by atoms with Gasteiger partial charge < -0.3 is 25.2 Å². The molecule has 2 aliphatic heterocycles. The maximum Gasteiger partial charge on any atom is 0.407 e. The van der Waals surface area contributed by atoms with E-state index in [0.29, 0.717) is 18.1 Å². The summed E-state index contributed by atoms with van der Waals surface area (Å²) < 4.78 is 34.1. The van der Waals surface area contributed by atoms with Gasteiger partial charge in [-0.1, -0.05) is 0 Å². The Balaban J connectivity index is 1.53. The summed E-state index contributed by atoms with van der Waals surface area (Å²) in [5.74, 6) is -1.48. The van der Waals surface area contributed by atoms with Gasteiger partial charge in [0.25, 0.3) is 5.91 Å². The van der Waals surface area contributed by atoms with E-state index < -0.39 is 35.3 Å². The van der Waals surface area contributed by atoms with E-state index in [4.69, 9.17) is 4.74 Å². The standard InChI is InChI=1S/C27H36F2N6O3/c1-5-35(19-8-10-30-11-9-19)24(36)17-13-31-25(32-14-17)34-15-21(20-12-18(28)6-7-22(20)29)23(16-34)33-26(37)38-27(2,3)4/h6-7,12-14,19,21,23,30H,5,8-11,15-16H2,1-4H3,(H,33,37)/t21-,23+/m1/s1. The van der Waals surface area contributed by atoms with Gasteiger partial charge in [-0.05, 0) is 77.4 Å². The first-order chi connectivity index (χ1) is 18.1. The largest absolute Gasteiger partial charge is 0.444 e. The molecule has 4 rings (SSSR count). The fourth-order valence-electron chi connectivity index (χ4n) is 5.13. The van der Waals surface area contributed by atoms with Crippen molar-refractivity contribution in [2.24, 2.45) is 0 Å². The Hall–Kier alpha value is -3.34. The summed E-state index contributed by atoms with van der Waals surface area (Å²) in [5, 5.41) is 6.12. The number of halogens is 2. The molecule has 0 radical (unpaired) electrons. The third kappa shape index (κ3) is 6.56. The van der Waals surface area contributed by atoms with E-state index in [9.17, 15) is 18.4 Å². The minimum absolute atomic E-state index is 0.114. The number of amides is 2. The predicted molar refractivity (Wildman–Crippen MR) is 139 cm³/mol. The lowest BCUT2D eigenvalue weighted by atomic mass is 9.94. The molecular formula is C27H36F2N6O3. The number of piperidine rings is 1. The van der Waals surface area contributed by atoms with E-state index in [1.807, 2.05) is 11.8 Å². The van der Waals surface area contributed by atoms with Gasteiger partial charge in [0.15, 0.2) is 0 Å². The molecule has 2 fully saturated rings. The number of rotatable bonds is 6. The topological polar surface area (TPSA) is 99.7 Å². The molecule has 2 atom stereocenters. The van der Waals surface area contributed by atoms with E-state index in [2.05, 4.69) is 20.6 Å². The molecule has 0 bridgehead atoms. The van der Waals surface area contributed by atoms with Gasteiger partial charge in [0.05, 0.1) is 11.6 Å². The normalized spacial score (nSPS) is 20.3. The highest BCUT2D eigenvalue weighted by molar-refractivity contribution is 5.94. The van der Waals surface area contributed by atoms with Gasteiger partial charge in [-0.2, -0.15) is 0 Å². The first kappa shape index (κ1) is 27.7. The van der Waals surface area contributed by atoms with E-state index in [0.717, 1.165) is 44.1 Å². The number of nitrogens with one attached hydrogen (secondary N) is 2. The van der Waals surface area contributed by atoms with Crippen LogP contribution < -0.4 is 15.5 Å². The van der Waals surface area contributed by atoms with Crippen molar-refractivity contribution >= 4 is 17.9 Å². The van der Waals surface area contributed by atoms with Crippen molar-refractivity contribution in [1.29, 1.82) is 0 Å². The van der Waals surface area contributed by atoms with Crippen LogP contribution in [0.2, 0.25) is 0 Å². The van der Waals surface area contributed by atoms with Crippen LogP contribution in [0.3, 0.4) is 0 Å². The Kier molecular flexibility index (Phi) is 8.44. The molecule has 1 aromatic heterocycles. The molecule has 2 N–H and O–H groups in total. The van der Waals surface area contributed by atoms with Gasteiger partial charge in [-0.15, -0.1) is 0 Å². The lowest BCUT2D eigenvalue weighted by Crippen LogP contribution is -2.46. The molecule has 2 aliphatic rings. The minimum atomic E-state index is -0.714. The van der Waals surface area contributed by atoms with Crippen LogP contribution in [-0.4, -0.2) is 77.3 Å². The molecule has 2 aromatic rings. The summed E-state index contributed by atoms with van der Waals surface area (Å²) in [6.45, 7) is 10.1. The van der Waals surface area contributed by atoms with Crippen LogP contribution in [0.15, 0.2) is 30.6 Å². The molecule has 11 heteroatoms. The predicted octanol–water partition coefficient (Wildman–Crippen LogP) is 3.47. The minimum Gasteiger partial charge on any atom is -0.444 e. The summed E-state index contributed by atoms with van der Waals surface area (Å²) in [5.41, 5.74) is -0.168. The number of alkyl carbamates (subject to hydrolysis) is 1. The van der Waals surface area contributed by atoms with Crippen molar-refractivity contribution in [2.75, 3.05) is 37.6 Å². The smallest absolute Gasteiger partial charge is 0.407 e. The average Bonchev–Trinajstić information content (AvgIpc) is 3.28. The Bertz CT molecular complexity index is 1130. The van der Waals surface area contributed by atoms with Crippen LogP contribution in [0.1, 0.15) is 62.4 Å². The van der Waals surface area contributed by atoms with Gasteiger partial charge in [0, 0.05) is 44.0 Å². The Morgan fingerprint density at radius 3 is 2.47 bits per heavy atom. The van der Waals surface area contributed by atoms with Crippen molar-refractivity contribution in [2.45, 2.75) is 64.1 Å². The number of carbonyl (C=O) groups is 2. The molecule has 2 amide bonds. The highest BCUT2D eigenvalue weighted by Gasteiger charge is 2.38. The number of ether oxygens (including phenoxy) is 1. The quantitative estimate of drug-likeness (QED) is 0.590. The van der Waals surface area contributed by atoms with Crippen LogP contribution in [0, 0.1) is 11.6 Å². The van der Waals surface area contributed by atoms with Gasteiger partial charge in [0.1, 0.15) is 17.2 Å². The molecule has 9 nitrogen and oxygen atoms in total. The molecule has 3 heterocycles. The Labute approximate surface area is 222 Å². The van der Waals surface area contributed by atoms with Crippen LogP contribution in [0.25, 0.3) is 0 Å². The zero-order valence-corrected chi connectivity index (χ0v) is 22.3.